The van der Waals surface area contributed by atoms with Gasteiger partial charge in [0, 0.05) is 18.7 Å². The summed E-state index contributed by atoms with van der Waals surface area (Å²) in [6, 6.07) is 16.8. The predicted molar refractivity (Wildman–Crippen MR) is 97.0 cm³/mol. The zero-order chi connectivity index (χ0) is 17.2. The van der Waals surface area contributed by atoms with Gasteiger partial charge in [-0.15, -0.1) is 0 Å². The normalized spacial score (nSPS) is 10.2. The smallest absolute Gasteiger partial charge is 0.257 e. The Hall–Kier alpha value is -2.35. The summed E-state index contributed by atoms with van der Waals surface area (Å²) in [4.78, 5) is 12.3. The summed E-state index contributed by atoms with van der Waals surface area (Å²) in [6.45, 7) is 1.60. The lowest BCUT2D eigenvalue weighted by molar-refractivity contribution is 0.102. The van der Waals surface area contributed by atoms with Crippen LogP contribution >= 0.6 is 11.6 Å². The molecule has 2 N–H and O–H groups in total. The van der Waals surface area contributed by atoms with Gasteiger partial charge in [0.05, 0.1) is 16.7 Å². The Morgan fingerprint density at radius 1 is 1.12 bits per heavy atom. The van der Waals surface area contributed by atoms with Gasteiger partial charge in [0.15, 0.2) is 0 Å². The highest BCUT2D eigenvalue weighted by Gasteiger charge is 2.09. The summed E-state index contributed by atoms with van der Waals surface area (Å²) < 4.78 is 0. The van der Waals surface area contributed by atoms with Gasteiger partial charge < -0.3 is 10.6 Å². The van der Waals surface area contributed by atoms with Gasteiger partial charge in [-0.2, -0.15) is 5.26 Å². The van der Waals surface area contributed by atoms with Gasteiger partial charge in [-0.05, 0) is 49.2 Å². The fourth-order valence-corrected chi connectivity index (χ4v) is 2.51. The van der Waals surface area contributed by atoms with E-state index in [9.17, 15) is 4.79 Å². The van der Waals surface area contributed by atoms with Crippen LogP contribution in [-0.4, -0.2) is 12.5 Å². The SMILES string of the molecule is N#CCCCCNCc1cccc(NC(=O)c2ccccc2Cl)c1. The summed E-state index contributed by atoms with van der Waals surface area (Å²) in [7, 11) is 0. The quantitative estimate of drug-likeness (QED) is 0.700. The van der Waals surface area contributed by atoms with Crippen LogP contribution in [0.5, 0.6) is 0 Å². The first kappa shape index (κ1) is 18.0. The molecule has 5 heteroatoms. The van der Waals surface area contributed by atoms with Crippen LogP contribution in [0, 0.1) is 11.3 Å². The van der Waals surface area contributed by atoms with Crippen LogP contribution in [-0.2, 0) is 6.54 Å². The number of benzene rings is 2. The van der Waals surface area contributed by atoms with E-state index in [1.807, 2.05) is 24.3 Å². The Morgan fingerprint density at radius 2 is 1.96 bits per heavy atom. The fraction of sp³-hybridized carbons (Fsp3) is 0.263. The van der Waals surface area contributed by atoms with E-state index < -0.39 is 0 Å². The number of hydrogen-bond donors (Lipinski definition) is 2. The summed E-state index contributed by atoms with van der Waals surface area (Å²) in [5, 5.41) is 15.1. The molecule has 0 spiro atoms. The van der Waals surface area contributed by atoms with E-state index in [4.69, 9.17) is 16.9 Å². The van der Waals surface area contributed by atoms with Crippen molar-refractivity contribution in [2.45, 2.75) is 25.8 Å². The topological polar surface area (TPSA) is 64.9 Å². The first-order chi connectivity index (χ1) is 11.7. The number of anilines is 1. The molecule has 0 saturated heterocycles. The third kappa shape index (κ3) is 5.69. The highest BCUT2D eigenvalue weighted by atomic mass is 35.5. The van der Waals surface area contributed by atoms with Crippen LogP contribution in [0.2, 0.25) is 5.02 Å². The van der Waals surface area contributed by atoms with E-state index in [-0.39, 0.29) is 5.91 Å². The van der Waals surface area contributed by atoms with Gasteiger partial charge >= 0.3 is 0 Å². The van der Waals surface area contributed by atoms with Gasteiger partial charge in [-0.3, -0.25) is 4.79 Å². The molecule has 4 nitrogen and oxygen atoms in total. The Bertz CT molecular complexity index is 725. The number of unbranched alkanes of at least 4 members (excludes halogenated alkanes) is 2. The molecule has 0 aliphatic heterocycles. The lowest BCUT2D eigenvalue weighted by atomic mass is 10.1. The van der Waals surface area contributed by atoms with Crippen molar-refractivity contribution in [2.75, 3.05) is 11.9 Å². The third-order valence-electron chi connectivity index (χ3n) is 3.52. The second-order valence-corrected chi connectivity index (χ2v) is 5.83. The van der Waals surface area contributed by atoms with E-state index in [2.05, 4.69) is 16.7 Å². The largest absolute Gasteiger partial charge is 0.322 e. The molecule has 0 aromatic heterocycles. The summed E-state index contributed by atoms with van der Waals surface area (Å²) in [6.07, 6.45) is 2.50. The van der Waals surface area contributed by atoms with Crippen molar-refractivity contribution in [1.29, 1.82) is 5.26 Å². The first-order valence-electron chi connectivity index (χ1n) is 7.93. The van der Waals surface area contributed by atoms with Crippen molar-refractivity contribution >= 4 is 23.2 Å². The second kappa shape index (κ2) is 9.71. The third-order valence-corrected chi connectivity index (χ3v) is 3.85. The van der Waals surface area contributed by atoms with Crippen molar-refractivity contribution in [2.24, 2.45) is 0 Å². The van der Waals surface area contributed by atoms with Crippen LogP contribution in [0.1, 0.15) is 35.2 Å². The Balaban J connectivity index is 1.87. The van der Waals surface area contributed by atoms with E-state index in [1.165, 1.54) is 0 Å². The molecule has 1 amide bonds. The van der Waals surface area contributed by atoms with Crippen LogP contribution < -0.4 is 10.6 Å². The number of carbonyl (C=O) groups excluding carboxylic acids is 1. The molecule has 0 bridgehead atoms. The van der Waals surface area contributed by atoms with Gasteiger partial charge in [0.2, 0.25) is 0 Å². The maximum atomic E-state index is 12.3. The van der Waals surface area contributed by atoms with Crippen molar-refractivity contribution in [3.63, 3.8) is 0 Å². The van der Waals surface area contributed by atoms with Crippen LogP contribution in [0.15, 0.2) is 48.5 Å². The Labute approximate surface area is 147 Å². The Morgan fingerprint density at radius 3 is 2.75 bits per heavy atom. The van der Waals surface area contributed by atoms with Crippen LogP contribution in [0.25, 0.3) is 0 Å². The number of nitrogens with one attached hydrogen (secondary N) is 2. The molecule has 0 aliphatic rings. The zero-order valence-electron chi connectivity index (χ0n) is 13.4. The molecule has 24 heavy (non-hydrogen) atoms. The van der Waals surface area contributed by atoms with E-state index in [0.29, 0.717) is 17.0 Å². The molecule has 0 atom stereocenters. The highest BCUT2D eigenvalue weighted by Crippen LogP contribution is 2.18. The summed E-state index contributed by atoms with van der Waals surface area (Å²) >= 11 is 6.05. The van der Waals surface area contributed by atoms with Crippen LogP contribution in [0.3, 0.4) is 0 Å². The Kier molecular flexibility index (Phi) is 7.28. The van der Waals surface area contributed by atoms with Crippen LogP contribution in [0.4, 0.5) is 5.69 Å². The van der Waals surface area contributed by atoms with Gasteiger partial charge in [-0.25, -0.2) is 0 Å². The van der Waals surface area contributed by atoms with Crippen molar-refractivity contribution < 1.29 is 4.79 Å². The predicted octanol–water partition coefficient (Wildman–Crippen LogP) is 4.38. The molecular weight excluding hydrogens is 322 g/mol. The minimum atomic E-state index is -0.220. The standard InChI is InChI=1S/C19H20ClN3O/c20-18-10-3-2-9-17(18)19(24)23-16-8-6-7-15(13-16)14-22-12-5-1-4-11-21/h2-3,6-10,13,22H,1,4-5,12,14H2,(H,23,24). The fourth-order valence-electron chi connectivity index (χ4n) is 2.29. The molecule has 0 radical (unpaired) electrons. The monoisotopic (exact) mass is 341 g/mol. The molecule has 0 fully saturated rings. The minimum absolute atomic E-state index is 0.220. The van der Waals surface area contributed by atoms with Gasteiger partial charge in [0.25, 0.3) is 5.91 Å². The maximum absolute atomic E-state index is 12.3. The average Bonchev–Trinajstić information content (AvgIpc) is 2.58. The lowest BCUT2D eigenvalue weighted by Gasteiger charge is -2.09. The molecule has 0 heterocycles. The molecule has 0 saturated carbocycles. The number of nitrogens with zero attached hydrogens (tertiary/aromatic N) is 1. The molecule has 0 aliphatic carbocycles. The van der Waals surface area contributed by atoms with E-state index in [0.717, 1.165) is 37.2 Å². The first-order valence-corrected chi connectivity index (χ1v) is 8.31. The van der Waals surface area contributed by atoms with E-state index in [1.54, 1.807) is 24.3 Å². The van der Waals surface area contributed by atoms with E-state index >= 15 is 0 Å². The number of nitriles is 1. The van der Waals surface area contributed by atoms with Gasteiger partial charge in [0.1, 0.15) is 0 Å². The highest BCUT2D eigenvalue weighted by molar-refractivity contribution is 6.34. The molecule has 124 valence electrons. The van der Waals surface area contributed by atoms with Gasteiger partial charge in [-0.1, -0.05) is 35.9 Å². The maximum Gasteiger partial charge on any atom is 0.257 e. The molecular formula is C19H20ClN3O. The molecule has 0 unspecified atom stereocenters. The second-order valence-electron chi connectivity index (χ2n) is 5.43. The van der Waals surface area contributed by atoms with Crippen molar-refractivity contribution in [3.8, 4) is 6.07 Å². The average molecular weight is 342 g/mol. The summed E-state index contributed by atoms with van der Waals surface area (Å²) in [5.41, 5.74) is 2.29. The van der Waals surface area contributed by atoms with Crippen molar-refractivity contribution in [3.05, 3.63) is 64.7 Å². The molecule has 2 rings (SSSR count). The summed E-state index contributed by atoms with van der Waals surface area (Å²) in [5.74, 6) is -0.220. The number of amides is 1. The minimum Gasteiger partial charge on any atom is -0.322 e. The molecule has 2 aromatic rings. The number of halogens is 1. The lowest BCUT2D eigenvalue weighted by Crippen LogP contribution is -2.15. The number of rotatable bonds is 8. The number of hydrogen-bond acceptors (Lipinski definition) is 3. The zero-order valence-corrected chi connectivity index (χ0v) is 14.1. The van der Waals surface area contributed by atoms with Crippen molar-refractivity contribution in [1.82, 2.24) is 5.32 Å². The molecule has 2 aromatic carbocycles. The number of carbonyl (C=O) groups is 1.